The zero-order valence-electron chi connectivity index (χ0n) is 10.3. The Bertz CT molecular complexity index is 373. The summed E-state index contributed by atoms with van der Waals surface area (Å²) in [5, 5.41) is 3.27. The maximum atomic E-state index is 11.3. The molecular formula is C11H17N3O2S. The molecule has 0 radical (unpaired) electrons. The number of methoxy groups -OCH3 is 1. The van der Waals surface area contributed by atoms with Gasteiger partial charge in [0.2, 0.25) is 5.82 Å². The first-order valence-electron chi connectivity index (χ1n) is 5.38. The molecule has 5 nitrogen and oxygen atoms in total. The number of hydrogen-bond donors (Lipinski definition) is 1. The number of esters is 1. The monoisotopic (exact) mass is 255 g/mol. The van der Waals surface area contributed by atoms with Gasteiger partial charge in [-0.1, -0.05) is 6.92 Å². The van der Waals surface area contributed by atoms with Gasteiger partial charge in [-0.2, -0.15) is 11.8 Å². The average Bonchev–Trinajstić information content (AvgIpc) is 2.37. The Morgan fingerprint density at radius 1 is 1.65 bits per heavy atom. The van der Waals surface area contributed by atoms with Crippen LogP contribution >= 0.6 is 11.8 Å². The van der Waals surface area contributed by atoms with Crippen molar-refractivity contribution in [2.45, 2.75) is 19.4 Å². The van der Waals surface area contributed by atoms with Crippen LogP contribution in [0.4, 0.5) is 5.82 Å². The number of aromatic nitrogens is 2. The molecule has 1 atom stereocenters. The predicted octanol–water partition coefficient (Wildman–Crippen LogP) is 1.82. The van der Waals surface area contributed by atoms with Crippen LogP contribution in [0.2, 0.25) is 0 Å². The van der Waals surface area contributed by atoms with Crippen LogP contribution in [-0.4, -0.2) is 41.1 Å². The van der Waals surface area contributed by atoms with Crippen molar-refractivity contribution < 1.29 is 9.53 Å². The van der Waals surface area contributed by atoms with Crippen molar-refractivity contribution in [3.05, 3.63) is 18.1 Å². The van der Waals surface area contributed by atoms with E-state index in [1.165, 1.54) is 7.11 Å². The van der Waals surface area contributed by atoms with Crippen LogP contribution in [0.5, 0.6) is 0 Å². The highest BCUT2D eigenvalue weighted by Gasteiger charge is 2.11. The summed E-state index contributed by atoms with van der Waals surface area (Å²) < 4.78 is 4.57. The fraction of sp³-hybridized carbons (Fsp3) is 0.545. The van der Waals surface area contributed by atoms with Crippen molar-refractivity contribution in [3.8, 4) is 0 Å². The normalized spacial score (nSPS) is 11.9. The third-order valence-electron chi connectivity index (χ3n) is 2.24. The summed E-state index contributed by atoms with van der Waals surface area (Å²) in [5.74, 6) is 1.21. The Balaban J connectivity index is 2.74. The van der Waals surface area contributed by atoms with Crippen LogP contribution in [0.25, 0.3) is 0 Å². The van der Waals surface area contributed by atoms with E-state index < -0.39 is 5.97 Å². The second kappa shape index (κ2) is 7.11. The zero-order valence-corrected chi connectivity index (χ0v) is 11.1. The number of carbonyl (C=O) groups is 1. The van der Waals surface area contributed by atoms with E-state index in [9.17, 15) is 4.79 Å². The van der Waals surface area contributed by atoms with Crippen molar-refractivity contribution >= 4 is 23.5 Å². The molecule has 0 fully saturated rings. The van der Waals surface area contributed by atoms with Gasteiger partial charge >= 0.3 is 5.97 Å². The number of anilines is 1. The zero-order chi connectivity index (χ0) is 12.7. The maximum Gasteiger partial charge on any atom is 0.376 e. The second-order valence-electron chi connectivity index (χ2n) is 3.46. The summed E-state index contributed by atoms with van der Waals surface area (Å²) in [6.45, 7) is 2.11. The van der Waals surface area contributed by atoms with Gasteiger partial charge in [-0.15, -0.1) is 0 Å². The van der Waals surface area contributed by atoms with Crippen molar-refractivity contribution in [1.82, 2.24) is 9.97 Å². The lowest BCUT2D eigenvalue weighted by molar-refractivity contribution is 0.0587. The Hall–Kier alpha value is -1.30. The number of thioether (sulfide) groups is 1. The Morgan fingerprint density at radius 2 is 2.41 bits per heavy atom. The SMILES string of the molecule is CCC(CSC)Nc1ccnc(C(=O)OC)n1. The molecule has 0 aliphatic heterocycles. The molecule has 1 N–H and O–H groups in total. The van der Waals surface area contributed by atoms with Crippen LogP contribution in [0.1, 0.15) is 24.0 Å². The lowest BCUT2D eigenvalue weighted by Gasteiger charge is -2.16. The van der Waals surface area contributed by atoms with Crippen LogP contribution in [0, 0.1) is 0 Å². The highest BCUT2D eigenvalue weighted by molar-refractivity contribution is 7.98. The van der Waals surface area contributed by atoms with Crippen LogP contribution in [-0.2, 0) is 4.74 Å². The van der Waals surface area contributed by atoms with Crippen LogP contribution in [0.3, 0.4) is 0 Å². The minimum absolute atomic E-state index is 0.0801. The molecule has 0 bridgehead atoms. The maximum absolute atomic E-state index is 11.3. The molecule has 94 valence electrons. The van der Waals surface area contributed by atoms with Crippen molar-refractivity contribution in [2.75, 3.05) is 24.4 Å². The summed E-state index contributed by atoms with van der Waals surface area (Å²) in [4.78, 5) is 19.2. The standard InChI is InChI=1S/C11H17N3O2S/c1-4-8(7-17-3)13-9-5-6-12-10(14-9)11(15)16-2/h5-6,8H,4,7H2,1-3H3,(H,12,13,14). The van der Waals surface area contributed by atoms with Gasteiger partial charge in [0.15, 0.2) is 0 Å². The quantitative estimate of drug-likeness (QED) is 0.782. The molecule has 0 spiro atoms. The molecule has 1 aromatic rings. The smallest absolute Gasteiger partial charge is 0.376 e. The third kappa shape index (κ3) is 4.22. The Kier molecular flexibility index (Phi) is 5.76. The first kappa shape index (κ1) is 13.8. The average molecular weight is 255 g/mol. The van der Waals surface area contributed by atoms with Crippen molar-refractivity contribution in [1.29, 1.82) is 0 Å². The lowest BCUT2D eigenvalue weighted by atomic mass is 10.2. The topological polar surface area (TPSA) is 64.1 Å². The number of hydrogen-bond acceptors (Lipinski definition) is 6. The summed E-state index contributed by atoms with van der Waals surface area (Å²) in [7, 11) is 1.31. The number of ether oxygens (including phenoxy) is 1. The van der Waals surface area contributed by atoms with E-state index in [4.69, 9.17) is 0 Å². The summed E-state index contributed by atoms with van der Waals surface area (Å²) in [6, 6.07) is 2.08. The van der Waals surface area contributed by atoms with Gasteiger partial charge < -0.3 is 10.1 Å². The van der Waals surface area contributed by atoms with Gasteiger partial charge in [0.1, 0.15) is 5.82 Å². The Labute approximate surface area is 105 Å². The minimum atomic E-state index is -0.522. The molecule has 17 heavy (non-hydrogen) atoms. The summed E-state index contributed by atoms with van der Waals surface area (Å²) in [5.41, 5.74) is 0. The van der Waals surface area contributed by atoms with Gasteiger partial charge in [0.05, 0.1) is 7.11 Å². The number of nitrogens with zero attached hydrogens (tertiary/aromatic N) is 2. The lowest BCUT2D eigenvalue weighted by Crippen LogP contribution is -2.22. The van der Waals surface area contributed by atoms with E-state index in [0.717, 1.165) is 12.2 Å². The third-order valence-corrected chi connectivity index (χ3v) is 2.97. The fourth-order valence-electron chi connectivity index (χ4n) is 1.30. The van der Waals surface area contributed by atoms with Crippen LogP contribution in [0.15, 0.2) is 12.3 Å². The molecule has 0 amide bonds. The first-order chi connectivity index (χ1) is 8.21. The number of carbonyl (C=O) groups excluding carboxylic acids is 1. The molecule has 1 rings (SSSR count). The molecule has 0 saturated carbocycles. The van der Waals surface area contributed by atoms with Gasteiger partial charge in [-0.3, -0.25) is 0 Å². The molecule has 0 saturated heterocycles. The van der Waals surface area contributed by atoms with Gasteiger partial charge in [-0.25, -0.2) is 14.8 Å². The van der Waals surface area contributed by atoms with E-state index in [2.05, 4.69) is 33.2 Å². The predicted molar refractivity (Wildman–Crippen MR) is 69.5 cm³/mol. The van der Waals surface area contributed by atoms with E-state index >= 15 is 0 Å². The van der Waals surface area contributed by atoms with Crippen molar-refractivity contribution in [2.24, 2.45) is 0 Å². The Morgan fingerprint density at radius 3 is 3.00 bits per heavy atom. The molecule has 1 unspecified atom stereocenters. The number of rotatable bonds is 6. The molecule has 0 aromatic carbocycles. The molecule has 1 aromatic heterocycles. The minimum Gasteiger partial charge on any atom is -0.463 e. The van der Waals surface area contributed by atoms with Crippen molar-refractivity contribution in [3.63, 3.8) is 0 Å². The van der Waals surface area contributed by atoms with E-state index in [1.54, 1.807) is 24.0 Å². The molecular weight excluding hydrogens is 238 g/mol. The molecule has 1 heterocycles. The number of nitrogens with one attached hydrogen (secondary N) is 1. The highest BCUT2D eigenvalue weighted by Crippen LogP contribution is 2.10. The summed E-state index contributed by atoms with van der Waals surface area (Å²) in [6.07, 6.45) is 4.61. The highest BCUT2D eigenvalue weighted by atomic mass is 32.2. The van der Waals surface area contributed by atoms with E-state index in [1.807, 2.05) is 0 Å². The largest absolute Gasteiger partial charge is 0.463 e. The van der Waals surface area contributed by atoms with Gasteiger partial charge in [0.25, 0.3) is 0 Å². The van der Waals surface area contributed by atoms with Gasteiger partial charge in [0, 0.05) is 18.0 Å². The molecule has 6 heteroatoms. The molecule has 0 aliphatic rings. The summed E-state index contributed by atoms with van der Waals surface area (Å²) >= 11 is 1.77. The van der Waals surface area contributed by atoms with E-state index in [0.29, 0.717) is 11.9 Å². The van der Waals surface area contributed by atoms with Gasteiger partial charge in [-0.05, 0) is 18.7 Å². The first-order valence-corrected chi connectivity index (χ1v) is 6.77. The van der Waals surface area contributed by atoms with E-state index in [-0.39, 0.29) is 5.82 Å². The van der Waals surface area contributed by atoms with Crippen LogP contribution < -0.4 is 5.32 Å². The molecule has 0 aliphatic carbocycles. The second-order valence-corrected chi connectivity index (χ2v) is 4.37. The fourth-order valence-corrected chi connectivity index (χ4v) is 2.02.